The summed E-state index contributed by atoms with van der Waals surface area (Å²) in [6, 6.07) is 7.26. The molecule has 0 aliphatic rings. The van der Waals surface area contributed by atoms with Gasteiger partial charge in [-0.3, -0.25) is 9.59 Å². The SMILES string of the molecule is CCOC(=O)CCN(C)C(=O)C=Cc1ccccc1Cl. The highest BCUT2D eigenvalue weighted by molar-refractivity contribution is 6.32. The third kappa shape index (κ3) is 5.45. The summed E-state index contributed by atoms with van der Waals surface area (Å²) in [6.45, 7) is 2.42. The van der Waals surface area contributed by atoms with E-state index in [0.29, 0.717) is 18.2 Å². The second kappa shape index (κ2) is 8.38. The molecule has 1 amide bonds. The second-order valence-electron chi connectivity index (χ2n) is 4.17. The van der Waals surface area contributed by atoms with Crippen LogP contribution in [0.25, 0.3) is 6.08 Å². The highest BCUT2D eigenvalue weighted by Crippen LogP contribution is 2.16. The minimum Gasteiger partial charge on any atom is -0.466 e. The van der Waals surface area contributed by atoms with Crippen molar-refractivity contribution in [1.82, 2.24) is 4.90 Å². The van der Waals surface area contributed by atoms with Crippen molar-refractivity contribution in [1.29, 1.82) is 0 Å². The Bertz CT molecular complexity index is 500. The number of rotatable bonds is 6. The lowest BCUT2D eigenvalue weighted by Gasteiger charge is -2.14. The topological polar surface area (TPSA) is 46.6 Å². The quantitative estimate of drug-likeness (QED) is 0.599. The third-order valence-electron chi connectivity index (χ3n) is 2.64. The van der Waals surface area contributed by atoms with Gasteiger partial charge in [-0.1, -0.05) is 29.8 Å². The Morgan fingerprint density at radius 3 is 2.70 bits per heavy atom. The molecule has 1 aromatic rings. The Hall–Kier alpha value is -1.81. The van der Waals surface area contributed by atoms with E-state index in [4.69, 9.17) is 16.3 Å². The molecule has 20 heavy (non-hydrogen) atoms. The Kier molecular flexibility index (Phi) is 6.81. The van der Waals surface area contributed by atoms with Crippen molar-refractivity contribution in [3.05, 3.63) is 40.9 Å². The fourth-order valence-corrected chi connectivity index (χ4v) is 1.70. The number of carbonyl (C=O) groups is 2. The molecule has 0 saturated carbocycles. The maximum Gasteiger partial charge on any atom is 0.307 e. The molecule has 108 valence electrons. The summed E-state index contributed by atoms with van der Waals surface area (Å²) >= 11 is 5.99. The van der Waals surface area contributed by atoms with Crippen molar-refractivity contribution in [3.8, 4) is 0 Å². The van der Waals surface area contributed by atoms with Gasteiger partial charge < -0.3 is 9.64 Å². The van der Waals surface area contributed by atoms with E-state index < -0.39 is 0 Å². The average molecular weight is 296 g/mol. The smallest absolute Gasteiger partial charge is 0.307 e. The van der Waals surface area contributed by atoms with E-state index in [0.717, 1.165) is 5.56 Å². The molecule has 0 aliphatic heterocycles. The van der Waals surface area contributed by atoms with Gasteiger partial charge in [0.05, 0.1) is 13.0 Å². The first-order chi connectivity index (χ1) is 9.54. The predicted molar refractivity (Wildman–Crippen MR) is 79.4 cm³/mol. The van der Waals surface area contributed by atoms with Gasteiger partial charge in [0.1, 0.15) is 0 Å². The number of benzene rings is 1. The molecule has 0 bridgehead atoms. The number of nitrogens with zero attached hydrogens (tertiary/aromatic N) is 1. The molecule has 0 radical (unpaired) electrons. The van der Waals surface area contributed by atoms with Gasteiger partial charge in [-0.2, -0.15) is 0 Å². The van der Waals surface area contributed by atoms with Gasteiger partial charge in [-0.15, -0.1) is 0 Å². The number of hydrogen-bond donors (Lipinski definition) is 0. The van der Waals surface area contributed by atoms with E-state index in [1.54, 1.807) is 26.1 Å². The van der Waals surface area contributed by atoms with E-state index in [-0.39, 0.29) is 18.3 Å². The fraction of sp³-hybridized carbons (Fsp3) is 0.333. The van der Waals surface area contributed by atoms with Crippen molar-refractivity contribution >= 4 is 29.6 Å². The number of ether oxygens (including phenoxy) is 1. The van der Waals surface area contributed by atoms with Crippen LogP contribution in [0.3, 0.4) is 0 Å². The van der Waals surface area contributed by atoms with Gasteiger partial charge in [0.2, 0.25) is 5.91 Å². The minimum atomic E-state index is -0.303. The summed E-state index contributed by atoms with van der Waals surface area (Å²) in [5.41, 5.74) is 0.779. The van der Waals surface area contributed by atoms with E-state index in [1.807, 2.05) is 18.2 Å². The molecule has 0 atom stereocenters. The number of hydrogen-bond acceptors (Lipinski definition) is 3. The zero-order chi connectivity index (χ0) is 15.0. The highest BCUT2D eigenvalue weighted by atomic mass is 35.5. The Morgan fingerprint density at radius 1 is 1.35 bits per heavy atom. The van der Waals surface area contributed by atoms with Crippen LogP contribution in [-0.2, 0) is 14.3 Å². The van der Waals surface area contributed by atoms with Crippen molar-refractivity contribution in [2.75, 3.05) is 20.2 Å². The molecule has 0 aromatic heterocycles. The fourth-order valence-electron chi connectivity index (χ4n) is 1.50. The Balaban J connectivity index is 2.50. The third-order valence-corrected chi connectivity index (χ3v) is 2.99. The zero-order valence-corrected chi connectivity index (χ0v) is 12.4. The number of likely N-dealkylation sites (N-methyl/N-ethyl adjacent to an activating group) is 1. The molecule has 0 fully saturated rings. The Labute approximate surface area is 124 Å². The van der Waals surface area contributed by atoms with Crippen molar-refractivity contribution in [2.45, 2.75) is 13.3 Å². The molecule has 4 nitrogen and oxygen atoms in total. The number of amides is 1. The number of carbonyl (C=O) groups excluding carboxylic acids is 2. The van der Waals surface area contributed by atoms with Gasteiger partial charge in [-0.05, 0) is 24.6 Å². The molecule has 0 unspecified atom stereocenters. The van der Waals surface area contributed by atoms with Crippen LogP contribution in [-0.4, -0.2) is 37.0 Å². The first-order valence-corrected chi connectivity index (χ1v) is 6.75. The Morgan fingerprint density at radius 2 is 2.05 bits per heavy atom. The minimum absolute atomic E-state index is 0.186. The summed E-state index contributed by atoms with van der Waals surface area (Å²) in [5, 5.41) is 0.589. The molecule has 0 aliphatic carbocycles. The van der Waals surface area contributed by atoms with Gasteiger partial charge in [0.15, 0.2) is 0 Å². The largest absolute Gasteiger partial charge is 0.466 e. The monoisotopic (exact) mass is 295 g/mol. The summed E-state index contributed by atoms with van der Waals surface area (Å²) in [4.78, 5) is 24.5. The standard InChI is InChI=1S/C15H18ClNO3/c1-3-20-15(19)10-11-17(2)14(18)9-8-12-6-4-5-7-13(12)16/h4-9H,3,10-11H2,1-2H3. The molecule has 1 aromatic carbocycles. The van der Waals surface area contributed by atoms with Crippen LogP contribution in [0.1, 0.15) is 18.9 Å². The molecular weight excluding hydrogens is 278 g/mol. The summed E-state index contributed by atoms with van der Waals surface area (Å²) in [7, 11) is 1.64. The van der Waals surface area contributed by atoms with Gasteiger partial charge in [-0.25, -0.2) is 0 Å². The maximum absolute atomic E-state index is 11.8. The first kappa shape index (κ1) is 16.2. The van der Waals surface area contributed by atoms with E-state index in [9.17, 15) is 9.59 Å². The second-order valence-corrected chi connectivity index (χ2v) is 4.58. The van der Waals surface area contributed by atoms with Gasteiger partial charge >= 0.3 is 5.97 Å². The van der Waals surface area contributed by atoms with Crippen LogP contribution in [0.2, 0.25) is 5.02 Å². The van der Waals surface area contributed by atoms with Crippen LogP contribution >= 0.6 is 11.6 Å². The van der Waals surface area contributed by atoms with Crippen LogP contribution in [0.4, 0.5) is 0 Å². The molecule has 0 heterocycles. The van der Waals surface area contributed by atoms with Crippen molar-refractivity contribution < 1.29 is 14.3 Å². The molecule has 0 spiro atoms. The molecule has 1 rings (SSSR count). The highest BCUT2D eigenvalue weighted by Gasteiger charge is 2.08. The van der Waals surface area contributed by atoms with Gasteiger partial charge in [0.25, 0.3) is 0 Å². The summed E-state index contributed by atoms with van der Waals surface area (Å²) in [5.74, 6) is -0.489. The van der Waals surface area contributed by atoms with Crippen LogP contribution in [0.15, 0.2) is 30.3 Å². The van der Waals surface area contributed by atoms with Crippen LogP contribution in [0.5, 0.6) is 0 Å². The van der Waals surface area contributed by atoms with Crippen molar-refractivity contribution in [3.63, 3.8) is 0 Å². The molecule has 5 heteroatoms. The normalized spacial score (nSPS) is 10.6. The molecule has 0 saturated heterocycles. The lowest BCUT2D eigenvalue weighted by atomic mass is 10.2. The maximum atomic E-state index is 11.8. The summed E-state index contributed by atoms with van der Waals surface area (Å²) in [6.07, 6.45) is 3.29. The van der Waals surface area contributed by atoms with Crippen LogP contribution in [0, 0.1) is 0 Å². The molecule has 0 N–H and O–H groups in total. The van der Waals surface area contributed by atoms with Crippen molar-refractivity contribution in [2.24, 2.45) is 0 Å². The summed E-state index contributed by atoms with van der Waals surface area (Å²) < 4.78 is 4.80. The lowest BCUT2D eigenvalue weighted by molar-refractivity contribution is -0.143. The van der Waals surface area contributed by atoms with Gasteiger partial charge in [0, 0.05) is 24.7 Å². The average Bonchev–Trinajstić information content (AvgIpc) is 2.44. The predicted octanol–water partition coefficient (Wildman–Crippen LogP) is 2.76. The van der Waals surface area contributed by atoms with E-state index in [2.05, 4.69) is 0 Å². The van der Waals surface area contributed by atoms with E-state index in [1.165, 1.54) is 11.0 Å². The number of esters is 1. The zero-order valence-electron chi connectivity index (χ0n) is 11.6. The first-order valence-electron chi connectivity index (χ1n) is 6.38. The van der Waals surface area contributed by atoms with Crippen LogP contribution < -0.4 is 0 Å². The van der Waals surface area contributed by atoms with E-state index >= 15 is 0 Å². The molecular formula is C15H18ClNO3. The lowest BCUT2D eigenvalue weighted by Crippen LogP contribution is -2.27. The number of halogens is 1.